The Morgan fingerprint density at radius 1 is 1.58 bits per heavy atom. The zero-order valence-corrected chi connectivity index (χ0v) is 6.99. The van der Waals surface area contributed by atoms with Crippen LogP contribution in [0.15, 0.2) is 11.6 Å². The number of carboxylic acids is 1. The second kappa shape index (κ2) is 2.90. The molecule has 1 saturated carbocycles. The number of nitrogens with zero attached hydrogens (tertiary/aromatic N) is 1. The van der Waals surface area contributed by atoms with E-state index in [2.05, 4.69) is 4.90 Å². The maximum absolute atomic E-state index is 10.4. The lowest BCUT2D eigenvalue weighted by Gasteiger charge is -2.11. The summed E-state index contributed by atoms with van der Waals surface area (Å²) in [6.07, 6.45) is 4.92. The van der Waals surface area contributed by atoms with Crippen LogP contribution < -0.4 is 0 Å². The molecular weight excluding hydrogens is 154 g/mol. The lowest BCUT2D eigenvalue weighted by atomic mass is 10.2. The molecule has 1 aliphatic carbocycles. The molecule has 12 heavy (non-hydrogen) atoms. The predicted molar refractivity (Wildman–Crippen MR) is 44.9 cm³/mol. The van der Waals surface area contributed by atoms with Crippen LogP contribution in [0.1, 0.15) is 19.3 Å². The van der Waals surface area contributed by atoms with E-state index in [0.29, 0.717) is 0 Å². The Morgan fingerprint density at radius 3 is 2.92 bits per heavy atom. The van der Waals surface area contributed by atoms with Crippen molar-refractivity contribution >= 4 is 5.97 Å². The quantitative estimate of drug-likeness (QED) is 0.620. The Hall–Kier alpha value is -0.830. The first-order chi connectivity index (χ1) is 5.75. The molecule has 3 heteroatoms. The van der Waals surface area contributed by atoms with Gasteiger partial charge in [-0.1, -0.05) is 0 Å². The molecule has 2 aliphatic rings. The van der Waals surface area contributed by atoms with Gasteiger partial charge < -0.3 is 5.11 Å². The molecular formula is C9H13NO2. The van der Waals surface area contributed by atoms with Crippen molar-refractivity contribution in [2.45, 2.75) is 25.3 Å². The third-order valence-electron chi connectivity index (χ3n) is 2.52. The molecule has 0 bridgehead atoms. The van der Waals surface area contributed by atoms with Gasteiger partial charge >= 0.3 is 5.97 Å². The highest BCUT2D eigenvalue weighted by atomic mass is 16.4. The van der Waals surface area contributed by atoms with Gasteiger partial charge in [-0.15, -0.1) is 0 Å². The normalized spacial score (nSPS) is 28.2. The molecule has 0 aromatic carbocycles. The van der Waals surface area contributed by atoms with Crippen molar-refractivity contribution in [1.29, 1.82) is 0 Å². The number of rotatable bonds is 2. The second-order valence-electron chi connectivity index (χ2n) is 3.59. The van der Waals surface area contributed by atoms with Crippen molar-refractivity contribution in [3.05, 3.63) is 11.6 Å². The van der Waals surface area contributed by atoms with Crippen LogP contribution in [0, 0.1) is 0 Å². The maximum atomic E-state index is 10.4. The van der Waals surface area contributed by atoms with E-state index in [4.69, 9.17) is 5.11 Å². The molecule has 2 rings (SSSR count). The molecule has 0 radical (unpaired) electrons. The summed E-state index contributed by atoms with van der Waals surface area (Å²) in [4.78, 5) is 12.7. The summed E-state index contributed by atoms with van der Waals surface area (Å²) in [6.45, 7) is 1.95. The molecule has 0 amide bonds. The lowest BCUT2D eigenvalue weighted by Crippen LogP contribution is -2.21. The van der Waals surface area contributed by atoms with Crippen LogP contribution in [0.4, 0.5) is 0 Å². The van der Waals surface area contributed by atoms with Crippen LogP contribution in [0.3, 0.4) is 0 Å². The van der Waals surface area contributed by atoms with E-state index in [0.717, 1.165) is 31.1 Å². The van der Waals surface area contributed by atoms with Gasteiger partial charge in [0, 0.05) is 25.2 Å². The fraction of sp³-hybridized carbons (Fsp3) is 0.667. The summed E-state index contributed by atoms with van der Waals surface area (Å²) in [5.74, 6) is -0.803. The van der Waals surface area contributed by atoms with Crippen molar-refractivity contribution in [3.8, 4) is 0 Å². The third kappa shape index (κ3) is 1.67. The van der Waals surface area contributed by atoms with Gasteiger partial charge in [-0.3, -0.25) is 4.90 Å². The van der Waals surface area contributed by atoms with E-state index in [1.54, 1.807) is 0 Å². The monoisotopic (exact) mass is 167 g/mol. The molecule has 1 saturated heterocycles. The summed E-state index contributed by atoms with van der Waals surface area (Å²) in [7, 11) is 0. The highest BCUT2D eigenvalue weighted by Gasteiger charge is 2.32. The summed E-state index contributed by atoms with van der Waals surface area (Å²) < 4.78 is 0. The standard InChI is InChI=1S/C9H13NO2/c11-9(12)5-7-3-4-10(6-7)8-1-2-8/h5,8H,1-4,6H2,(H,11,12)/b7-5-. The largest absolute Gasteiger partial charge is 0.478 e. The van der Waals surface area contributed by atoms with Gasteiger partial charge in [-0.05, 0) is 24.8 Å². The van der Waals surface area contributed by atoms with Gasteiger partial charge in [0.25, 0.3) is 0 Å². The van der Waals surface area contributed by atoms with E-state index >= 15 is 0 Å². The van der Waals surface area contributed by atoms with Gasteiger partial charge in [0.2, 0.25) is 0 Å². The van der Waals surface area contributed by atoms with Crippen molar-refractivity contribution in [2.24, 2.45) is 0 Å². The van der Waals surface area contributed by atoms with Crippen LogP contribution >= 0.6 is 0 Å². The minimum absolute atomic E-state index is 0.768. The second-order valence-corrected chi connectivity index (χ2v) is 3.59. The van der Waals surface area contributed by atoms with Crippen molar-refractivity contribution in [3.63, 3.8) is 0 Å². The first kappa shape index (κ1) is 7.80. The fourth-order valence-corrected chi connectivity index (χ4v) is 1.75. The summed E-state index contributed by atoms with van der Waals surface area (Å²) in [5, 5.41) is 8.52. The van der Waals surface area contributed by atoms with Gasteiger partial charge in [0.1, 0.15) is 0 Å². The van der Waals surface area contributed by atoms with Crippen molar-refractivity contribution < 1.29 is 9.90 Å². The van der Waals surface area contributed by atoms with Crippen LogP contribution in [0.2, 0.25) is 0 Å². The Kier molecular flexibility index (Phi) is 1.89. The average Bonchev–Trinajstić information content (AvgIpc) is 2.73. The summed E-state index contributed by atoms with van der Waals surface area (Å²) >= 11 is 0. The predicted octanol–water partition coefficient (Wildman–Crippen LogP) is 0.866. The molecule has 1 N–H and O–H groups in total. The number of likely N-dealkylation sites (tertiary alicyclic amines) is 1. The summed E-state index contributed by atoms with van der Waals surface area (Å²) in [5.41, 5.74) is 1.08. The number of hydrogen-bond donors (Lipinski definition) is 1. The highest BCUT2D eigenvalue weighted by Crippen LogP contribution is 2.31. The number of carboxylic acid groups (broad SMARTS) is 1. The number of hydrogen-bond acceptors (Lipinski definition) is 2. The maximum Gasteiger partial charge on any atom is 0.328 e. The molecule has 0 spiro atoms. The van der Waals surface area contributed by atoms with Gasteiger partial charge in [0.15, 0.2) is 0 Å². The smallest absolute Gasteiger partial charge is 0.328 e. The highest BCUT2D eigenvalue weighted by molar-refractivity contribution is 5.80. The molecule has 0 aromatic rings. The van der Waals surface area contributed by atoms with E-state index < -0.39 is 5.97 Å². The molecule has 1 heterocycles. The molecule has 1 aliphatic heterocycles. The lowest BCUT2D eigenvalue weighted by molar-refractivity contribution is -0.131. The molecule has 2 fully saturated rings. The van der Waals surface area contributed by atoms with Crippen LogP contribution in [-0.2, 0) is 4.79 Å². The van der Waals surface area contributed by atoms with Gasteiger partial charge in [-0.2, -0.15) is 0 Å². The first-order valence-electron chi connectivity index (χ1n) is 4.42. The Bertz CT molecular complexity index is 231. The van der Waals surface area contributed by atoms with Gasteiger partial charge in [0.05, 0.1) is 0 Å². The van der Waals surface area contributed by atoms with Crippen LogP contribution in [0.5, 0.6) is 0 Å². The first-order valence-corrected chi connectivity index (χ1v) is 4.42. The molecule has 3 nitrogen and oxygen atoms in total. The van der Waals surface area contributed by atoms with Crippen LogP contribution in [-0.4, -0.2) is 35.1 Å². The van der Waals surface area contributed by atoms with Crippen LogP contribution in [0.25, 0.3) is 0 Å². The third-order valence-corrected chi connectivity index (χ3v) is 2.52. The van der Waals surface area contributed by atoms with Gasteiger partial charge in [-0.25, -0.2) is 4.79 Å². The van der Waals surface area contributed by atoms with E-state index in [1.165, 1.54) is 18.9 Å². The Labute approximate surface area is 71.7 Å². The van der Waals surface area contributed by atoms with Crippen molar-refractivity contribution in [1.82, 2.24) is 4.90 Å². The average molecular weight is 167 g/mol. The van der Waals surface area contributed by atoms with Crippen molar-refractivity contribution in [2.75, 3.05) is 13.1 Å². The number of aliphatic carboxylic acids is 1. The number of carbonyl (C=O) groups is 1. The molecule has 0 aromatic heterocycles. The fourth-order valence-electron chi connectivity index (χ4n) is 1.75. The van der Waals surface area contributed by atoms with E-state index in [1.807, 2.05) is 0 Å². The zero-order chi connectivity index (χ0) is 8.55. The molecule has 0 unspecified atom stereocenters. The summed E-state index contributed by atoms with van der Waals surface area (Å²) in [6, 6.07) is 0.768. The minimum atomic E-state index is -0.803. The Morgan fingerprint density at radius 2 is 2.33 bits per heavy atom. The van der Waals surface area contributed by atoms with E-state index in [9.17, 15) is 4.79 Å². The SMILES string of the molecule is O=C(O)/C=C1/CCN(C2CC2)C1. The Balaban J connectivity index is 1.92. The topological polar surface area (TPSA) is 40.5 Å². The minimum Gasteiger partial charge on any atom is -0.478 e. The van der Waals surface area contributed by atoms with E-state index in [-0.39, 0.29) is 0 Å². The molecule has 0 atom stereocenters. The molecule has 66 valence electrons. The zero-order valence-electron chi connectivity index (χ0n) is 6.99.